The Hall–Kier alpha value is -2.76. The molecule has 1 fully saturated rings. The van der Waals surface area contributed by atoms with E-state index in [1.807, 2.05) is 30.3 Å². The third-order valence-corrected chi connectivity index (χ3v) is 4.63. The topological polar surface area (TPSA) is 89.2 Å². The molecule has 6 heteroatoms. The predicted molar refractivity (Wildman–Crippen MR) is 95.1 cm³/mol. The molecule has 1 amide bonds. The Bertz CT molecular complexity index is 748. The van der Waals surface area contributed by atoms with Crippen molar-refractivity contribution >= 4 is 17.5 Å². The first-order valence-electron chi connectivity index (χ1n) is 8.61. The van der Waals surface area contributed by atoms with Gasteiger partial charge in [-0.05, 0) is 12.8 Å². The average Bonchev–Trinajstić information content (AvgIpc) is 2.88. The molecular weight excluding hydrogens is 316 g/mol. The van der Waals surface area contributed by atoms with Crippen LogP contribution in [0.2, 0.25) is 0 Å². The molecule has 2 N–H and O–H groups in total. The number of benzene rings is 1. The van der Waals surface area contributed by atoms with E-state index in [1.54, 1.807) is 4.90 Å². The molecule has 25 heavy (non-hydrogen) atoms. The maximum atomic E-state index is 13.0. The van der Waals surface area contributed by atoms with Gasteiger partial charge in [0.05, 0.1) is 0 Å². The molecule has 1 aromatic heterocycles. The minimum absolute atomic E-state index is 0.0579. The van der Waals surface area contributed by atoms with E-state index in [4.69, 9.17) is 5.73 Å². The van der Waals surface area contributed by atoms with Gasteiger partial charge in [-0.3, -0.25) is 9.59 Å². The third kappa shape index (κ3) is 4.02. The van der Waals surface area contributed by atoms with Crippen LogP contribution in [0.1, 0.15) is 52.8 Å². The first-order chi connectivity index (χ1) is 12.2. The standard InChI is InChI=1S/C19H22N4O2/c20-18-16(12-21-13-22-18)19(25)23-10-6-2-5-9-15(23)11-17(24)14-7-3-1-4-8-14/h1,3-4,7-8,12-13,15H,2,5-6,9-11H2,(H2,20,21,22)/t15-/m1/s1. The largest absolute Gasteiger partial charge is 0.383 e. The molecule has 2 heterocycles. The fourth-order valence-electron chi connectivity index (χ4n) is 3.27. The summed E-state index contributed by atoms with van der Waals surface area (Å²) in [5.41, 5.74) is 6.83. The van der Waals surface area contributed by atoms with Crippen molar-refractivity contribution in [3.63, 3.8) is 0 Å². The molecule has 3 rings (SSSR count). The van der Waals surface area contributed by atoms with Crippen molar-refractivity contribution in [2.75, 3.05) is 12.3 Å². The summed E-state index contributed by atoms with van der Waals surface area (Å²) in [6.45, 7) is 0.625. The second-order valence-corrected chi connectivity index (χ2v) is 6.32. The van der Waals surface area contributed by atoms with Gasteiger partial charge in [-0.1, -0.05) is 43.2 Å². The lowest BCUT2D eigenvalue weighted by Crippen LogP contribution is -2.41. The van der Waals surface area contributed by atoms with E-state index in [-0.39, 0.29) is 23.6 Å². The zero-order valence-electron chi connectivity index (χ0n) is 14.1. The van der Waals surface area contributed by atoms with Crippen molar-refractivity contribution in [3.05, 3.63) is 54.0 Å². The molecule has 1 aliphatic heterocycles. The van der Waals surface area contributed by atoms with E-state index in [9.17, 15) is 9.59 Å². The Morgan fingerprint density at radius 2 is 1.96 bits per heavy atom. The highest BCUT2D eigenvalue weighted by Crippen LogP contribution is 2.24. The van der Waals surface area contributed by atoms with Crippen LogP contribution in [0.15, 0.2) is 42.9 Å². The summed E-state index contributed by atoms with van der Waals surface area (Å²) in [6, 6.07) is 9.09. The lowest BCUT2D eigenvalue weighted by molar-refractivity contribution is 0.0660. The van der Waals surface area contributed by atoms with Crippen LogP contribution in [0.25, 0.3) is 0 Å². The molecule has 1 atom stereocenters. The van der Waals surface area contributed by atoms with Crippen molar-refractivity contribution in [2.45, 2.75) is 38.1 Å². The van der Waals surface area contributed by atoms with Gasteiger partial charge in [0.15, 0.2) is 5.78 Å². The highest BCUT2D eigenvalue weighted by Gasteiger charge is 2.29. The number of carbonyl (C=O) groups excluding carboxylic acids is 2. The van der Waals surface area contributed by atoms with Gasteiger partial charge in [-0.15, -0.1) is 0 Å². The molecular formula is C19H22N4O2. The van der Waals surface area contributed by atoms with Gasteiger partial charge in [0.25, 0.3) is 5.91 Å². The summed E-state index contributed by atoms with van der Waals surface area (Å²) in [4.78, 5) is 35.2. The average molecular weight is 338 g/mol. The maximum Gasteiger partial charge on any atom is 0.259 e. The zero-order chi connectivity index (χ0) is 17.6. The van der Waals surface area contributed by atoms with Gasteiger partial charge in [0.2, 0.25) is 0 Å². The smallest absolute Gasteiger partial charge is 0.259 e. The van der Waals surface area contributed by atoms with Gasteiger partial charge < -0.3 is 10.6 Å². The van der Waals surface area contributed by atoms with Gasteiger partial charge in [-0.2, -0.15) is 0 Å². The molecule has 0 saturated carbocycles. The number of nitrogen functional groups attached to an aromatic ring is 1. The number of hydrogen-bond acceptors (Lipinski definition) is 5. The minimum atomic E-state index is -0.189. The highest BCUT2D eigenvalue weighted by atomic mass is 16.2. The first kappa shape index (κ1) is 17.1. The third-order valence-electron chi connectivity index (χ3n) is 4.63. The number of nitrogens with two attached hydrogens (primary N) is 1. The summed E-state index contributed by atoms with van der Waals surface area (Å²) in [7, 11) is 0. The molecule has 0 radical (unpaired) electrons. The van der Waals surface area contributed by atoms with Crippen LogP contribution in [0.4, 0.5) is 5.82 Å². The summed E-state index contributed by atoms with van der Waals surface area (Å²) < 4.78 is 0. The van der Waals surface area contributed by atoms with Crippen LogP contribution in [0, 0.1) is 0 Å². The van der Waals surface area contributed by atoms with Crippen LogP contribution in [0.3, 0.4) is 0 Å². The number of carbonyl (C=O) groups is 2. The van der Waals surface area contributed by atoms with Gasteiger partial charge in [0.1, 0.15) is 17.7 Å². The number of rotatable bonds is 4. The van der Waals surface area contributed by atoms with Crippen LogP contribution >= 0.6 is 0 Å². The number of nitrogens with zero attached hydrogens (tertiary/aromatic N) is 3. The second kappa shape index (κ2) is 7.88. The normalized spacial score (nSPS) is 17.8. The monoisotopic (exact) mass is 338 g/mol. The Balaban J connectivity index is 1.81. The number of aromatic nitrogens is 2. The number of anilines is 1. The van der Waals surface area contributed by atoms with Crippen molar-refractivity contribution in [2.24, 2.45) is 0 Å². The molecule has 0 unspecified atom stereocenters. The van der Waals surface area contributed by atoms with Crippen LogP contribution in [0.5, 0.6) is 0 Å². The number of hydrogen-bond donors (Lipinski definition) is 1. The number of likely N-dealkylation sites (tertiary alicyclic amines) is 1. The van der Waals surface area contributed by atoms with E-state index < -0.39 is 0 Å². The number of amides is 1. The van der Waals surface area contributed by atoms with Crippen LogP contribution in [-0.4, -0.2) is 39.1 Å². The Morgan fingerprint density at radius 3 is 2.72 bits per heavy atom. The molecule has 0 bridgehead atoms. The van der Waals surface area contributed by atoms with E-state index >= 15 is 0 Å². The Labute approximate surface area is 147 Å². The van der Waals surface area contributed by atoms with Gasteiger partial charge >= 0.3 is 0 Å². The van der Waals surface area contributed by atoms with Crippen molar-refractivity contribution in [1.82, 2.24) is 14.9 Å². The van der Waals surface area contributed by atoms with Crippen molar-refractivity contribution in [3.8, 4) is 0 Å². The summed E-state index contributed by atoms with van der Waals surface area (Å²) in [5.74, 6) is 0.0471. The molecule has 2 aromatic rings. The molecule has 0 aliphatic carbocycles. The van der Waals surface area contributed by atoms with E-state index in [2.05, 4.69) is 9.97 Å². The molecule has 6 nitrogen and oxygen atoms in total. The van der Waals surface area contributed by atoms with Crippen molar-refractivity contribution < 1.29 is 9.59 Å². The molecule has 0 spiro atoms. The summed E-state index contributed by atoms with van der Waals surface area (Å²) in [5, 5.41) is 0. The fraction of sp³-hybridized carbons (Fsp3) is 0.368. The molecule has 130 valence electrons. The lowest BCUT2D eigenvalue weighted by Gasteiger charge is -2.30. The van der Waals surface area contributed by atoms with Crippen LogP contribution < -0.4 is 5.73 Å². The van der Waals surface area contributed by atoms with E-state index in [0.29, 0.717) is 24.1 Å². The van der Waals surface area contributed by atoms with E-state index in [0.717, 1.165) is 25.7 Å². The lowest BCUT2D eigenvalue weighted by atomic mass is 9.99. The second-order valence-electron chi connectivity index (χ2n) is 6.32. The fourth-order valence-corrected chi connectivity index (χ4v) is 3.27. The summed E-state index contributed by atoms with van der Waals surface area (Å²) in [6.07, 6.45) is 6.91. The number of Topliss-reactive ketones (excluding diaryl/α,β-unsaturated/α-hetero) is 1. The highest BCUT2D eigenvalue weighted by molar-refractivity contribution is 5.99. The van der Waals surface area contributed by atoms with E-state index in [1.165, 1.54) is 12.5 Å². The maximum absolute atomic E-state index is 13.0. The Morgan fingerprint density at radius 1 is 1.16 bits per heavy atom. The predicted octanol–water partition coefficient (Wildman–Crippen LogP) is 2.72. The first-order valence-corrected chi connectivity index (χ1v) is 8.61. The zero-order valence-corrected chi connectivity index (χ0v) is 14.1. The van der Waals surface area contributed by atoms with Crippen LogP contribution in [-0.2, 0) is 0 Å². The quantitative estimate of drug-likeness (QED) is 0.866. The molecule has 1 aromatic carbocycles. The molecule has 1 aliphatic rings. The molecule has 1 saturated heterocycles. The SMILES string of the molecule is Nc1ncncc1C(=O)N1CCCCC[C@@H]1CC(=O)c1ccccc1. The van der Waals surface area contributed by atoms with Crippen molar-refractivity contribution in [1.29, 1.82) is 0 Å². The minimum Gasteiger partial charge on any atom is -0.383 e. The number of ketones is 1. The summed E-state index contributed by atoms with van der Waals surface area (Å²) >= 11 is 0. The van der Waals surface area contributed by atoms with Gasteiger partial charge in [0, 0.05) is 30.8 Å². The Kier molecular flexibility index (Phi) is 5.38. The van der Waals surface area contributed by atoms with Gasteiger partial charge in [-0.25, -0.2) is 9.97 Å².